The molecule has 1 aromatic carbocycles. The molecule has 0 saturated carbocycles. The van der Waals surface area contributed by atoms with Gasteiger partial charge in [0.1, 0.15) is 0 Å². The van der Waals surface area contributed by atoms with Gasteiger partial charge in [0.15, 0.2) is 0 Å². The van der Waals surface area contributed by atoms with Crippen molar-refractivity contribution in [3.63, 3.8) is 0 Å². The van der Waals surface area contributed by atoms with Crippen LogP contribution in [-0.2, 0) is 6.42 Å². The normalized spacial score (nSPS) is 11.4. The summed E-state index contributed by atoms with van der Waals surface area (Å²) in [7, 11) is 0. The Balaban J connectivity index is 2.85. The number of unbranched alkanes of at least 4 members (excludes halogenated alkanes) is 13. The number of rotatable bonds is 24. The summed E-state index contributed by atoms with van der Waals surface area (Å²) in [5.74, 6) is 3.85. The van der Waals surface area contributed by atoms with Crippen molar-refractivity contribution in [3.05, 3.63) is 17.7 Å². The van der Waals surface area contributed by atoms with Gasteiger partial charge in [-0.15, -0.1) is 35.3 Å². The first kappa shape index (κ1) is 32.3. The molecule has 0 spiro atoms. The predicted octanol–water partition coefficient (Wildman–Crippen LogP) is 12.2. The molecular formula is C31H56S3. The molecule has 0 bridgehead atoms. The first-order valence-corrected chi connectivity index (χ1v) is 17.8. The molecule has 1 rings (SSSR count). The van der Waals surface area contributed by atoms with Gasteiger partial charge in [-0.3, -0.25) is 0 Å². The molecule has 0 saturated heterocycles. The van der Waals surface area contributed by atoms with Crippen molar-refractivity contribution in [2.75, 3.05) is 17.3 Å². The zero-order valence-corrected chi connectivity index (χ0v) is 25.7. The van der Waals surface area contributed by atoms with E-state index in [1.165, 1.54) is 133 Å². The molecule has 0 N–H and O–H groups in total. The molecule has 0 unspecified atom stereocenters. The highest BCUT2D eigenvalue weighted by Crippen LogP contribution is 2.41. The van der Waals surface area contributed by atoms with Gasteiger partial charge in [0.05, 0.1) is 0 Å². The lowest BCUT2D eigenvalue weighted by atomic mass is 10.1. The van der Waals surface area contributed by atoms with E-state index in [0.29, 0.717) is 0 Å². The summed E-state index contributed by atoms with van der Waals surface area (Å²) in [4.78, 5) is 4.81. The van der Waals surface area contributed by atoms with Crippen LogP contribution in [0, 0.1) is 0 Å². The first-order valence-electron chi connectivity index (χ1n) is 14.8. The smallest absolute Gasteiger partial charge is 0.0344 e. The van der Waals surface area contributed by atoms with Crippen LogP contribution in [0.5, 0.6) is 0 Å². The van der Waals surface area contributed by atoms with Crippen molar-refractivity contribution in [2.45, 2.75) is 158 Å². The average Bonchev–Trinajstić information content (AvgIpc) is 2.85. The maximum absolute atomic E-state index is 2.57. The van der Waals surface area contributed by atoms with Crippen LogP contribution in [0.25, 0.3) is 0 Å². The summed E-state index contributed by atoms with van der Waals surface area (Å²) in [6.45, 7) is 9.25. The number of hydrogen-bond donors (Lipinski definition) is 0. The third-order valence-corrected chi connectivity index (χ3v) is 10.1. The molecule has 0 aliphatic heterocycles. The minimum Gasteiger partial charge on any atom is -0.125 e. The van der Waals surface area contributed by atoms with E-state index in [1.807, 2.05) is 0 Å². The second-order valence-corrected chi connectivity index (χ2v) is 13.2. The SMILES string of the molecule is CCCCCCCSc1cc(CCCC)cc(SCCCCCCC)c1SCCCCCCC. The summed E-state index contributed by atoms with van der Waals surface area (Å²) in [5.41, 5.74) is 1.58. The number of aryl methyl sites for hydroxylation is 1. The topological polar surface area (TPSA) is 0 Å². The van der Waals surface area contributed by atoms with Gasteiger partial charge in [0.25, 0.3) is 0 Å². The van der Waals surface area contributed by atoms with Crippen LogP contribution in [-0.4, -0.2) is 17.3 Å². The molecule has 0 aromatic heterocycles. The van der Waals surface area contributed by atoms with Gasteiger partial charge in [0, 0.05) is 14.7 Å². The quantitative estimate of drug-likeness (QED) is 0.0974. The molecule has 0 radical (unpaired) electrons. The Bertz CT molecular complexity index is 547. The van der Waals surface area contributed by atoms with Crippen molar-refractivity contribution < 1.29 is 0 Å². The van der Waals surface area contributed by atoms with Crippen molar-refractivity contribution in [1.29, 1.82) is 0 Å². The molecule has 0 aliphatic carbocycles. The standard InChI is InChI=1S/C31H56S3/c1-5-9-13-16-19-23-32-29-26-28(22-12-8-4)27-30(33-24-20-17-14-10-6-2)31(29)34-25-21-18-15-11-7-3/h26-27H,5-25H2,1-4H3. The maximum Gasteiger partial charge on any atom is 0.0344 e. The molecule has 1 aromatic rings. The first-order chi connectivity index (χ1) is 16.8. The Morgan fingerprint density at radius 3 is 1.24 bits per heavy atom. The summed E-state index contributed by atoms with van der Waals surface area (Å²) in [6, 6.07) is 5.13. The van der Waals surface area contributed by atoms with E-state index in [2.05, 4.69) is 75.1 Å². The van der Waals surface area contributed by atoms with Crippen LogP contribution < -0.4 is 0 Å². The van der Waals surface area contributed by atoms with Gasteiger partial charge in [-0.05, 0) is 67.1 Å². The van der Waals surface area contributed by atoms with Crippen molar-refractivity contribution in [2.24, 2.45) is 0 Å². The second kappa shape index (κ2) is 23.7. The van der Waals surface area contributed by atoms with Gasteiger partial charge < -0.3 is 0 Å². The van der Waals surface area contributed by atoms with Gasteiger partial charge in [0.2, 0.25) is 0 Å². The fourth-order valence-corrected chi connectivity index (χ4v) is 7.98. The molecule has 0 amide bonds. The van der Waals surface area contributed by atoms with Gasteiger partial charge in [-0.2, -0.15) is 0 Å². The van der Waals surface area contributed by atoms with Crippen LogP contribution in [0.3, 0.4) is 0 Å². The van der Waals surface area contributed by atoms with E-state index in [4.69, 9.17) is 0 Å². The second-order valence-electron chi connectivity index (χ2n) is 9.81. The third-order valence-electron chi connectivity index (χ3n) is 6.40. The molecular weight excluding hydrogens is 469 g/mol. The highest BCUT2D eigenvalue weighted by molar-refractivity contribution is 8.03. The fourth-order valence-electron chi connectivity index (χ4n) is 4.17. The molecule has 34 heavy (non-hydrogen) atoms. The Kier molecular flexibility index (Phi) is 22.5. The lowest BCUT2D eigenvalue weighted by molar-refractivity contribution is 0.658. The van der Waals surface area contributed by atoms with Crippen LogP contribution >= 0.6 is 35.3 Å². The van der Waals surface area contributed by atoms with Crippen molar-refractivity contribution in [1.82, 2.24) is 0 Å². The Morgan fingerprint density at radius 2 is 0.824 bits per heavy atom. The molecule has 0 fully saturated rings. The van der Waals surface area contributed by atoms with E-state index in [-0.39, 0.29) is 0 Å². The monoisotopic (exact) mass is 524 g/mol. The van der Waals surface area contributed by atoms with Crippen LogP contribution in [0.15, 0.2) is 26.8 Å². The van der Waals surface area contributed by atoms with Gasteiger partial charge >= 0.3 is 0 Å². The van der Waals surface area contributed by atoms with Crippen LogP contribution in [0.4, 0.5) is 0 Å². The maximum atomic E-state index is 2.57. The Hall–Kier alpha value is 0.270. The largest absolute Gasteiger partial charge is 0.125 e. The summed E-state index contributed by atoms with van der Waals surface area (Å²) in [5, 5.41) is 0. The molecule has 0 aliphatic rings. The number of hydrogen-bond acceptors (Lipinski definition) is 3. The highest BCUT2D eigenvalue weighted by Gasteiger charge is 2.13. The molecule has 0 atom stereocenters. The van der Waals surface area contributed by atoms with E-state index in [0.717, 1.165) is 0 Å². The number of thioether (sulfide) groups is 3. The lowest BCUT2D eigenvalue weighted by Crippen LogP contribution is -1.95. The fraction of sp³-hybridized carbons (Fsp3) is 0.806. The summed E-state index contributed by atoms with van der Waals surface area (Å²) >= 11 is 6.48. The van der Waals surface area contributed by atoms with E-state index < -0.39 is 0 Å². The molecule has 198 valence electrons. The van der Waals surface area contributed by atoms with E-state index >= 15 is 0 Å². The lowest BCUT2D eigenvalue weighted by Gasteiger charge is -2.17. The molecule has 3 heteroatoms. The molecule has 0 nitrogen and oxygen atoms in total. The summed E-state index contributed by atoms with van der Waals surface area (Å²) in [6.07, 6.45) is 24.6. The zero-order valence-electron chi connectivity index (χ0n) is 23.2. The minimum absolute atomic E-state index is 1.24. The van der Waals surface area contributed by atoms with E-state index in [9.17, 15) is 0 Å². The Labute approximate surface area is 227 Å². The Morgan fingerprint density at radius 1 is 0.441 bits per heavy atom. The highest BCUT2D eigenvalue weighted by atomic mass is 32.2. The minimum atomic E-state index is 1.24. The van der Waals surface area contributed by atoms with Crippen molar-refractivity contribution in [3.8, 4) is 0 Å². The van der Waals surface area contributed by atoms with Gasteiger partial charge in [-0.1, -0.05) is 111 Å². The number of benzene rings is 1. The van der Waals surface area contributed by atoms with Gasteiger partial charge in [-0.25, -0.2) is 0 Å². The third kappa shape index (κ3) is 16.1. The average molecular weight is 525 g/mol. The van der Waals surface area contributed by atoms with Crippen LogP contribution in [0.2, 0.25) is 0 Å². The van der Waals surface area contributed by atoms with Crippen LogP contribution in [0.1, 0.15) is 142 Å². The van der Waals surface area contributed by atoms with E-state index in [1.54, 1.807) is 20.2 Å². The molecule has 0 heterocycles. The summed E-state index contributed by atoms with van der Waals surface area (Å²) < 4.78 is 0. The zero-order chi connectivity index (χ0) is 24.7. The van der Waals surface area contributed by atoms with Crippen molar-refractivity contribution >= 4 is 35.3 Å². The predicted molar refractivity (Wildman–Crippen MR) is 164 cm³/mol.